The molecule has 0 atom stereocenters. The predicted octanol–water partition coefficient (Wildman–Crippen LogP) is 2.45. The Labute approximate surface area is 107 Å². The zero-order valence-corrected chi connectivity index (χ0v) is 9.83. The van der Waals surface area contributed by atoms with E-state index in [0.29, 0.717) is 6.08 Å². The SMILES string of the molecule is C=C(F)COC(=O)/C(F)=C/C=C/COC(=O)C(=C)F. The van der Waals surface area contributed by atoms with Crippen molar-refractivity contribution in [1.82, 2.24) is 0 Å². The van der Waals surface area contributed by atoms with Gasteiger partial charge in [0, 0.05) is 0 Å². The fourth-order valence-corrected chi connectivity index (χ4v) is 0.691. The van der Waals surface area contributed by atoms with Crippen molar-refractivity contribution in [2.75, 3.05) is 13.2 Å². The van der Waals surface area contributed by atoms with E-state index in [0.717, 1.165) is 12.2 Å². The van der Waals surface area contributed by atoms with Crippen LogP contribution in [0.5, 0.6) is 0 Å². The molecule has 0 spiro atoms. The fourth-order valence-electron chi connectivity index (χ4n) is 0.691. The Kier molecular flexibility index (Phi) is 7.67. The third-order valence-corrected chi connectivity index (χ3v) is 1.47. The molecule has 0 aromatic rings. The molecule has 0 radical (unpaired) electrons. The molecule has 7 heteroatoms. The highest BCUT2D eigenvalue weighted by molar-refractivity contribution is 5.86. The largest absolute Gasteiger partial charge is 0.456 e. The van der Waals surface area contributed by atoms with E-state index in [4.69, 9.17) is 0 Å². The van der Waals surface area contributed by atoms with Crippen LogP contribution in [0.15, 0.2) is 48.9 Å². The van der Waals surface area contributed by atoms with Gasteiger partial charge in [-0.15, -0.1) is 0 Å². The molecule has 0 amide bonds. The number of hydrogen-bond donors (Lipinski definition) is 0. The molecule has 0 fully saturated rings. The van der Waals surface area contributed by atoms with Crippen LogP contribution in [-0.4, -0.2) is 25.2 Å². The molecule has 0 aliphatic carbocycles. The second-order valence-corrected chi connectivity index (χ2v) is 3.04. The normalized spacial score (nSPS) is 11.2. The third-order valence-electron chi connectivity index (χ3n) is 1.47. The van der Waals surface area contributed by atoms with Crippen LogP contribution in [0.2, 0.25) is 0 Å². The minimum Gasteiger partial charge on any atom is -0.456 e. The molecule has 0 aliphatic heterocycles. The lowest BCUT2D eigenvalue weighted by Gasteiger charge is -1.99. The molecular weight excluding hydrogens is 265 g/mol. The van der Waals surface area contributed by atoms with Gasteiger partial charge in [0.15, 0.2) is 0 Å². The summed E-state index contributed by atoms with van der Waals surface area (Å²) in [7, 11) is 0. The number of carbonyl (C=O) groups is 2. The fraction of sp³-hybridized carbons (Fsp3) is 0.167. The van der Waals surface area contributed by atoms with Crippen molar-refractivity contribution in [3.05, 3.63) is 48.9 Å². The number of rotatable bonds is 7. The lowest BCUT2D eigenvalue weighted by Crippen LogP contribution is -2.06. The van der Waals surface area contributed by atoms with Gasteiger partial charge in [-0.25, -0.2) is 14.0 Å². The summed E-state index contributed by atoms with van der Waals surface area (Å²) in [5, 5.41) is 0. The standard InChI is InChI=1S/C12H11F3O4/c1-8(13)7-19-12(17)10(15)5-3-4-6-18-11(16)9(2)14/h3-5H,1-2,6-7H2/b4-3+,10-5-. The number of allylic oxidation sites excluding steroid dienone is 2. The number of carbonyl (C=O) groups excluding carboxylic acids is 2. The summed E-state index contributed by atoms with van der Waals surface area (Å²) in [6.07, 6.45) is 2.89. The molecule has 0 aliphatic rings. The van der Waals surface area contributed by atoms with Gasteiger partial charge in [-0.05, 0) is 12.2 Å². The van der Waals surface area contributed by atoms with Crippen molar-refractivity contribution in [3.63, 3.8) is 0 Å². The van der Waals surface area contributed by atoms with E-state index in [1.807, 2.05) is 0 Å². The maximum atomic E-state index is 13.0. The monoisotopic (exact) mass is 276 g/mol. The van der Waals surface area contributed by atoms with Gasteiger partial charge in [-0.1, -0.05) is 19.2 Å². The van der Waals surface area contributed by atoms with Gasteiger partial charge in [0.05, 0.1) is 0 Å². The third kappa shape index (κ3) is 8.42. The van der Waals surface area contributed by atoms with Gasteiger partial charge in [-0.2, -0.15) is 8.78 Å². The highest BCUT2D eigenvalue weighted by atomic mass is 19.1. The Morgan fingerprint density at radius 1 is 1.05 bits per heavy atom. The first-order valence-corrected chi connectivity index (χ1v) is 4.89. The Hall–Kier alpha value is -2.31. The van der Waals surface area contributed by atoms with Crippen LogP contribution in [0.4, 0.5) is 13.2 Å². The summed E-state index contributed by atoms with van der Waals surface area (Å²) >= 11 is 0. The molecule has 0 saturated heterocycles. The van der Waals surface area contributed by atoms with Gasteiger partial charge < -0.3 is 9.47 Å². The second kappa shape index (κ2) is 8.73. The van der Waals surface area contributed by atoms with E-state index in [-0.39, 0.29) is 6.61 Å². The van der Waals surface area contributed by atoms with Gasteiger partial charge in [0.2, 0.25) is 11.7 Å². The molecule has 0 rings (SSSR count). The topological polar surface area (TPSA) is 52.6 Å². The zero-order valence-electron chi connectivity index (χ0n) is 9.83. The van der Waals surface area contributed by atoms with E-state index in [1.54, 1.807) is 0 Å². The molecule has 0 aromatic heterocycles. The van der Waals surface area contributed by atoms with Gasteiger partial charge in [-0.3, -0.25) is 0 Å². The summed E-state index contributed by atoms with van der Waals surface area (Å²) < 4.78 is 45.6. The van der Waals surface area contributed by atoms with Crippen LogP contribution >= 0.6 is 0 Å². The first kappa shape index (κ1) is 16.7. The molecule has 0 aromatic carbocycles. The molecule has 0 N–H and O–H groups in total. The van der Waals surface area contributed by atoms with Crippen molar-refractivity contribution in [2.24, 2.45) is 0 Å². The first-order chi connectivity index (χ1) is 8.84. The van der Waals surface area contributed by atoms with Crippen molar-refractivity contribution in [2.45, 2.75) is 0 Å². The van der Waals surface area contributed by atoms with Crippen molar-refractivity contribution >= 4 is 11.9 Å². The molecule has 0 saturated carbocycles. The van der Waals surface area contributed by atoms with Crippen LogP contribution < -0.4 is 0 Å². The molecule has 104 valence electrons. The minimum absolute atomic E-state index is 0.331. The zero-order chi connectivity index (χ0) is 14.8. The molecule has 0 bridgehead atoms. The van der Waals surface area contributed by atoms with E-state index in [9.17, 15) is 22.8 Å². The Morgan fingerprint density at radius 3 is 2.21 bits per heavy atom. The number of halogens is 3. The van der Waals surface area contributed by atoms with E-state index in [1.165, 1.54) is 0 Å². The maximum absolute atomic E-state index is 13.0. The Morgan fingerprint density at radius 2 is 1.68 bits per heavy atom. The lowest BCUT2D eigenvalue weighted by atomic mass is 10.4. The van der Waals surface area contributed by atoms with E-state index < -0.39 is 36.0 Å². The summed E-state index contributed by atoms with van der Waals surface area (Å²) in [6.45, 7) is 4.45. The molecule has 4 nitrogen and oxygen atoms in total. The predicted molar refractivity (Wildman–Crippen MR) is 60.7 cm³/mol. The average Bonchev–Trinajstić information content (AvgIpc) is 2.34. The number of hydrogen-bond acceptors (Lipinski definition) is 4. The lowest BCUT2D eigenvalue weighted by molar-refractivity contribution is -0.140. The van der Waals surface area contributed by atoms with Crippen LogP contribution in [0, 0.1) is 0 Å². The van der Waals surface area contributed by atoms with Crippen LogP contribution in [0.3, 0.4) is 0 Å². The van der Waals surface area contributed by atoms with Crippen molar-refractivity contribution in [3.8, 4) is 0 Å². The van der Waals surface area contributed by atoms with Gasteiger partial charge in [0.1, 0.15) is 19.0 Å². The second-order valence-electron chi connectivity index (χ2n) is 3.04. The highest BCUT2D eigenvalue weighted by Gasteiger charge is 2.09. The quantitative estimate of drug-likeness (QED) is 0.407. The van der Waals surface area contributed by atoms with Gasteiger partial charge in [0.25, 0.3) is 0 Å². The van der Waals surface area contributed by atoms with Gasteiger partial charge >= 0.3 is 11.9 Å². The first-order valence-electron chi connectivity index (χ1n) is 4.89. The van der Waals surface area contributed by atoms with Crippen molar-refractivity contribution < 1.29 is 32.2 Å². The molecule has 0 unspecified atom stereocenters. The molecule has 0 heterocycles. The molecular formula is C12H11F3O4. The van der Waals surface area contributed by atoms with Crippen molar-refractivity contribution in [1.29, 1.82) is 0 Å². The van der Waals surface area contributed by atoms with Crippen LogP contribution in [0.25, 0.3) is 0 Å². The van der Waals surface area contributed by atoms with Crippen LogP contribution in [0.1, 0.15) is 0 Å². The number of ether oxygens (including phenoxy) is 2. The average molecular weight is 276 g/mol. The minimum atomic E-state index is -1.36. The summed E-state index contributed by atoms with van der Waals surface area (Å²) in [5.74, 6) is -6.06. The smallest absolute Gasteiger partial charge is 0.367 e. The number of esters is 2. The Balaban J connectivity index is 4.10. The van der Waals surface area contributed by atoms with Crippen LogP contribution in [-0.2, 0) is 19.1 Å². The van der Waals surface area contributed by atoms with E-state index in [2.05, 4.69) is 22.6 Å². The summed E-state index contributed by atoms with van der Waals surface area (Å²) in [4.78, 5) is 21.4. The molecule has 19 heavy (non-hydrogen) atoms. The highest BCUT2D eigenvalue weighted by Crippen LogP contribution is 2.03. The maximum Gasteiger partial charge on any atom is 0.367 e. The Bertz CT molecular complexity index is 438. The summed E-state index contributed by atoms with van der Waals surface area (Å²) in [5.41, 5.74) is 0. The summed E-state index contributed by atoms with van der Waals surface area (Å²) in [6, 6.07) is 0. The van der Waals surface area contributed by atoms with E-state index >= 15 is 0 Å².